The standard InChI is InChI=1S/C14H24N2/c1-14(2,3)13-7-5-12(6-8-13)11-16(4)10-9-15/h5-8H,9-11,15H2,1-4H3. The van der Waals surface area contributed by atoms with E-state index in [0.717, 1.165) is 19.6 Å². The Balaban J connectivity index is 2.65. The Morgan fingerprint density at radius 3 is 2.12 bits per heavy atom. The molecule has 0 saturated carbocycles. The molecule has 0 aliphatic heterocycles. The number of benzene rings is 1. The third-order valence-electron chi connectivity index (χ3n) is 2.78. The number of likely N-dealkylation sites (N-methyl/N-ethyl adjacent to an activating group) is 1. The fourth-order valence-electron chi connectivity index (χ4n) is 1.72. The largest absolute Gasteiger partial charge is 0.329 e. The molecular weight excluding hydrogens is 196 g/mol. The van der Waals surface area contributed by atoms with Gasteiger partial charge in [-0.15, -0.1) is 0 Å². The van der Waals surface area contributed by atoms with Crippen molar-refractivity contribution in [2.24, 2.45) is 5.73 Å². The molecule has 0 aliphatic rings. The highest BCUT2D eigenvalue weighted by molar-refractivity contribution is 5.27. The van der Waals surface area contributed by atoms with Gasteiger partial charge in [0, 0.05) is 19.6 Å². The zero-order chi connectivity index (χ0) is 12.2. The minimum absolute atomic E-state index is 0.238. The highest BCUT2D eigenvalue weighted by Crippen LogP contribution is 2.22. The van der Waals surface area contributed by atoms with E-state index < -0.39 is 0 Å². The lowest BCUT2D eigenvalue weighted by Crippen LogP contribution is -2.25. The molecule has 1 aromatic rings. The van der Waals surface area contributed by atoms with Gasteiger partial charge in [-0.1, -0.05) is 45.0 Å². The number of hydrogen-bond acceptors (Lipinski definition) is 2. The van der Waals surface area contributed by atoms with Crippen LogP contribution in [0.5, 0.6) is 0 Å². The third-order valence-corrected chi connectivity index (χ3v) is 2.78. The Morgan fingerprint density at radius 2 is 1.69 bits per heavy atom. The third kappa shape index (κ3) is 3.95. The van der Waals surface area contributed by atoms with Gasteiger partial charge < -0.3 is 10.6 Å². The van der Waals surface area contributed by atoms with Gasteiger partial charge >= 0.3 is 0 Å². The maximum Gasteiger partial charge on any atom is 0.0231 e. The Kier molecular flexibility index (Phi) is 4.51. The first-order valence-corrected chi connectivity index (χ1v) is 5.91. The van der Waals surface area contributed by atoms with Gasteiger partial charge in [0.25, 0.3) is 0 Å². The molecule has 0 aromatic heterocycles. The zero-order valence-electron chi connectivity index (χ0n) is 11.0. The molecule has 0 bridgehead atoms. The van der Waals surface area contributed by atoms with Crippen LogP contribution in [0.3, 0.4) is 0 Å². The van der Waals surface area contributed by atoms with E-state index in [4.69, 9.17) is 5.73 Å². The summed E-state index contributed by atoms with van der Waals surface area (Å²) >= 11 is 0. The van der Waals surface area contributed by atoms with E-state index in [2.05, 4.69) is 57.0 Å². The average Bonchev–Trinajstić information content (AvgIpc) is 2.17. The first kappa shape index (κ1) is 13.2. The van der Waals surface area contributed by atoms with Gasteiger partial charge in [0.15, 0.2) is 0 Å². The molecule has 16 heavy (non-hydrogen) atoms. The molecule has 0 radical (unpaired) electrons. The van der Waals surface area contributed by atoms with Gasteiger partial charge in [-0.2, -0.15) is 0 Å². The number of nitrogens with two attached hydrogens (primary N) is 1. The van der Waals surface area contributed by atoms with Crippen molar-refractivity contribution in [2.45, 2.75) is 32.7 Å². The van der Waals surface area contributed by atoms with Crippen molar-refractivity contribution < 1.29 is 0 Å². The van der Waals surface area contributed by atoms with Gasteiger partial charge in [0.2, 0.25) is 0 Å². The van der Waals surface area contributed by atoms with Crippen LogP contribution in [0.15, 0.2) is 24.3 Å². The quantitative estimate of drug-likeness (QED) is 0.844. The molecule has 0 heterocycles. The lowest BCUT2D eigenvalue weighted by atomic mass is 9.87. The summed E-state index contributed by atoms with van der Waals surface area (Å²) in [6.07, 6.45) is 0. The maximum atomic E-state index is 5.52. The molecule has 2 nitrogen and oxygen atoms in total. The molecule has 2 N–H and O–H groups in total. The van der Waals surface area contributed by atoms with Crippen LogP contribution in [0.2, 0.25) is 0 Å². The van der Waals surface area contributed by atoms with Gasteiger partial charge in [-0.3, -0.25) is 0 Å². The van der Waals surface area contributed by atoms with E-state index >= 15 is 0 Å². The monoisotopic (exact) mass is 220 g/mol. The lowest BCUT2D eigenvalue weighted by molar-refractivity contribution is 0.336. The second-order valence-electron chi connectivity index (χ2n) is 5.47. The molecule has 0 fully saturated rings. The van der Waals surface area contributed by atoms with Crippen LogP contribution in [0.4, 0.5) is 0 Å². The average molecular weight is 220 g/mol. The summed E-state index contributed by atoms with van der Waals surface area (Å²) in [7, 11) is 2.10. The SMILES string of the molecule is CN(CCN)Cc1ccc(C(C)(C)C)cc1. The van der Waals surface area contributed by atoms with Gasteiger partial charge in [-0.05, 0) is 23.6 Å². The van der Waals surface area contributed by atoms with Crippen molar-refractivity contribution in [3.8, 4) is 0 Å². The number of rotatable bonds is 4. The smallest absolute Gasteiger partial charge is 0.0231 e. The lowest BCUT2D eigenvalue weighted by Gasteiger charge is -2.20. The predicted molar refractivity (Wildman–Crippen MR) is 70.5 cm³/mol. The molecule has 0 spiro atoms. The Hall–Kier alpha value is -0.860. The highest BCUT2D eigenvalue weighted by Gasteiger charge is 2.12. The Bertz CT molecular complexity index is 309. The number of hydrogen-bond donors (Lipinski definition) is 1. The molecule has 0 saturated heterocycles. The molecular formula is C14H24N2. The zero-order valence-corrected chi connectivity index (χ0v) is 11.0. The molecule has 90 valence electrons. The normalized spacial score (nSPS) is 12.1. The van der Waals surface area contributed by atoms with E-state index in [-0.39, 0.29) is 5.41 Å². The van der Waals surface area contributed by atoms with Crippen LogP contribution >= 0.6 is 0 Å². The van der Waals surface area contributed by atoms with E-state index in [1.165, 1.54) is 11.1 Å². The first-order valence-electron chi connectivity index (χ1n) is 5.91. The van der Waals surface area contributed by atoms with Crippen LogP contribution in [-0.4, -0.2) is 25.0 Å². The summed E-state index contributed by atoms with van der Waals surface area (Å²) < 4.78 is 0. The molecule has 0 amide bonds. The molecule has 0 atom stereocenters. The van der Waals surface area contributed by atoms with Crippen LogP contribution in [0.1, 0.15) is 31.9 Å². The summed E-state index contributed by atoms with van der Waals surface area (Å²) in [4.78, 5) is 2.24. The summed E-state index contributed by atoms with van der Waals surface area (Å²) in [6, 6.07) is 8.89. The second kappa shape index (κ2) is 5.46. The molecule has 2 heteroatoms. The van der Waals surface area contributed by atoms with Crippen molar-refractivity contribution in [1.29, 1.82) is 0 Å². The summed E-state index contributed by atoms with van der Waals surface area (Å²) in [5.74, 6) is 0. The van der Waals surface area contributed by atoms with Gasteiger partial charge in [-0.25, -0.2) is 0 Å². The minimum Gasteiger partial charge on any atom is -0.329 e. The molecule has 1 aromatic carbocycles. The second-order valence-corrected chi connectivity index (χ2v) is 5.47. The van der Waals surface area contributed by atoms with Crippen molar-refractivity contribution in [1.82, 2.24) is 4.90 Å². The Labute approximate surface area is 99.5 Å². The van der Waals surface area contributed by atoms with Crippen molar-refractivity contribution in [2.75, 3.05) is 20.1 Å². The molecule has 0 aliphatic carbocycles. The van der Waals surface area contributed by atoms with Crippen molar-refractivity contribution in [3.05, 3.63) is 35.4 Å². The molecule has 0 unspecified atom stereocenters. The van der Waals surface area contributed by atoms with Crippen molar-refractivity contribution >= 4 is 0 Å². The number of nitrogens with zero attached hydrogens (tertiary/aromatic N) is 1. The Morgan fingerprint density at radius 1 is 1.12 bits per heavy atom. The summed E-state index contributed by atoms with van der Waals surface area (Å²) in [5, 5.41) is 0. The minimum atomic E-state index is 0.238. The van der Waals surface area contributed by atoms with Crippen LogP contribution < -0.4 is 5.73 Å². The van der Waals surface area contributed by atoms with Crippen molar-refractivity contribution in [3.63, 3.8) is 0 Å². The fraction of sp³-hybridized carbons (Fsp3) is 0.571. The van der Waals surface area contributed by atoms with E-state index in [9.17, 15) is 0 Å². The molecule has 1 rings (SSSR count). The van der Waals surface area contributed by atoms with E-state index in [1.54, 1.807) is 0 Å². The van der Waals surface area contributed by atoms with E-state index in [1.807, 2.05) is 0 Å². The van der Waals surface area contributed by atoms with Crippen LogP contribution in [-0.2, 0) is 12.0 Å². The first-order chi connectivity index (χ1) is 7.43. The summed E-state index contributed by atoms with van der Waals surface area (Å²) in [5.41, 5.74) is 8.50. The van der Waals surface area contributed by atoms with Crippen LogP contribution in [0.25, 0.3) is 0 Å². The fourth-order valence-corrected chi connectivity index (χ4v) is 1.72. The maximum absolute atomic E-state index is 5.52. The predicted octanol–water partition coefficient (Wildman–Crippen LogP) is 2.37. The van der Waals surface area contributed by atoms with Gasteiger partial charge in [0.05, 0.1) is 0 Å². The highest BCUT2D eigenvalue weighted by atomic mass is 15.1. The van der Waals surface area contributed by atoms with Crippen LogP contribution in [0, 0.1) is 0 Å². The van der Waals surface area contributed by atoms with E-state index in [0.29, 0.717) is 0 Å². The van der Waals surface area contributed by atoms with Gasteiger partial charge in [0.1, 0.15) is 0 Å². The topological polar surface area (TPSA) is 29.3 Å². The summed E-state index contributed by atoms with van der Waals surface area (Å²) in [6.45, 7) is 9.35.